The fraction of sp³-hybridized carbons (Fsp3) is 0.545. The van der Waals surface area contributed by atoms with Gasteiger partial charge in [-0.05, 0) is 69.2 Å². The van der Waals surface area contributed by atoms with E-state index in [2.05, 4.69) is 5.16 Å². The highest BCUT2D eigenvalue weighted by atomic mass is 16.6. The predicted octanol–water partition coefficient (Wildman–Crippen LogP) is 4.25. The minimum absolute atomic E-state index is 0.00899. The molecule has 1 aromatic carbocycles. The molecule has 1 aliphatic rings. The van der Waals surface area contributed by atoms with Crippen LogP contribution in [0.25, 0.3) is 0 Å². The van der Waals surface area contributed by atoms with Crippen LogP contribution in [-0.4, -0.2) is 29.7 Å². The zero-order chi connectivity index (χ0) is 20.3. The van der Waals surface area contributed by atoms with E-state index in [1.807, 2.05) is 40.7 Å². The molecule has 0 aromatic heterocycles. The number of Topliss-reactive ketones (excluding diaryl/α,β-unsaturated/α-hetero) is 3. The van der Waals surface area contributed by atoms with Crippen LogP contribution in [0.1, 0.15) is 78.6 Å². The number of rotatable bonds is 6. The molecule has 0 saturated heterocycles. The molecule has 0 radical (unpaired) electrons. The van der Waals surface area contributed by atoms with Crippen molar-refractivity contribution in [1.29, 1.82) is 0 Å². The van der Waals surface area contributed by atoms with Gasteiger partial charge in [-0.2, -0.15) is 0 Å². The van der Waals surface area contributed by atoms with Crippen LogP contribution >= 0.6 is 0 Å². The first kappa shape index (κ1) is 21.0. The smallest absolute Gasteiger partial charge is 0.160 e. The van der Waals surface area contributed by atoms with E-state index in [9.17, 15) is 14.4 Å². The van der Waals surface area contributed by atoms with E-state index in [4.69, 9.17) is 4.84 Å². The Hall–Kier alpha value is -2.30. The van der Waals surface area contributed by atoms with Gasteiger partial charge in [0.1, 0.15) is 24.1 Å². The van der Waals surface area contributed by atoms with Gasteiger partial charge < -0.3 is 4.84 Å². The fourth-order valence-electron chi connectivity index (χ4n) is 4.39. The average Bonchev–Trinajstić information content (AvgIpc) is 2.56. The molecule has 1 aliphatic carbocycles. The van der Waals surface area contributed by atoms with Crippen LogP contribution in [0.3, 0.4) is 0 Å². The SMILES string of the molecule is CCON=C(CC)C1C(=O)CC(c2c(C)cc(C)c(C(C)=O)c2C)CC1=O. The van der Waals surface area contributed by atoms with Crippen LogP contribution in [0.15, 0.2) is 11.2 Å². The summed E-state index contributed by atoms with van der Waals surface area (Å²) < 4.78 is 0. The molecule has 0 spiro atoms. The van der Waals surface area contributed by atoms with Gasteiger partial charge in [0.25, 0.3) is 0 Å². The number of hydrogen-bond acceptors (Lipinski definition) is 5. The summed E-state index contributed by atoms with van der Waals surface area (Å²) in [6.45, 7) is 11.5. The quantitative estimate of drug-likeness (QED) is 0.324. The predicted molar refractivity (Wildman–Crippen MR) is 105 cm³/mol. The van der Waals surface area contributed by atoms with Gasteiger partial charge in [-0.25, -0.2) is 0 Å². The lowest BCUT2D eigenvalue weighted by Crippen LogP contribution is -2.38. The third-order valence-electron chi connectivity index (χ3n) is 5.34. The Labute approximate surface area is 161 Å². The maximum atomic E-state index is 12.8. The molecular weight excluding hydrogens is 342 g/mol. The number of carbonyl (C=O) groups excluding carboxylic acids is 3. The lowest BCUT2D eigenvalue weighted by Gasteiger charge is -2.30. The van der Waals surface area contributed by atoms with Gasteiger partial charge in [-0.1, -0.05) is 18.1 Å². The summed E-state index contributed by atoms with van der Waals surface area (Å²) in [5, 5.41) is 4.00. The van der Waals surface area contributed by atoms with Crippen molar-refractivity contribution in [2.75, 3.05) is 6.61 Å². The van der Waals surface area contributed by atoms with E-state index in [1.54, 1.807) is 6.92 Å². The number of aryl methyl sites for hydroxylation is 2. The largest absolute Gasteiger partial charge is 0.396 e. The molecule has 5 nitrogen and oxygen atoms in total. The monoisotopic (exact) mass is 371 g/mol. The molecule has 0 aliphatic heterocycles. The third kappa shape index (κ3) is 4.18. The van der Waals surface area contributed by atoms with Gasteiger partial charge in [0.05, 0.1) is 5.71 Å². The summed E-state index contributed by atoms with van der Waals surface area (Å²) in [7, 11) is 0. The Balaban J connectivity index is 2.41. The maximum Gasteiger partial charge on any atom is 0.160 e. The molecule has 0 unspecified atom stereocenters. The highest BCUT2D eigenvalue weighted by Crippen LogP contribution is 2.38. The number of hydrogen-bond donors (Lipinski definition) is 0. The van der Waals surface area contributed by atoms with Gasteiger partial charge in [0.15, 0.2) is 5.78 Å². The summed E-state index contributed by atoms with van der Waals surface area (Å²) in [4.78, 5) is 42.8. The molecule has 5 heteroatoms. The average molecular weight is 371 g/mol. The lowest BCUT2D eigenvalue weighted by molar-refractivity contribution is -0.133. The van der Waals surface area contributed by atoms with Gasteiger partial charge in [0, 0.05) is 18.4 Å². The van der Waals surface area contributed by atoms with Crippen LogP contribution in [0.4, 0.5) is 0 Å². The van der Waals surface area contributed by atoms with E-state index in [0.717, 1.165) is 22.3 Å². The molecular formula is C22H29NO4. The molecule has 1 aromatic rings. The summed E-state index contributed by atoms with van der Waals surface area (Å²) in [6, 6.07) is 1.98. The molecule has 0 bridgehead atoms. The van der Waals surface area contributed by atoms with E-state index < -0.39 is 5.92 Å². The van der Waals surface area contributed by atoms with E-state index in [-0.39, 0.29) is 36.1 Å². The Bertz CT molecular complexity index is 789. The topological polar surface area (TPSA) is 72.8 Å². The van der Waals surface area contributed by atoms with Crippen molar-refractivity contribution in [1.82, 2.24) is 0 Å². The first-order chi connectivity index (χ1) is 12.7. The van der Waals surface area contributed by atoms with Crippen molar-refractivity contribution in [3.8, 4) is 0 Å². The highest BCUT2D eigenvalue weighted by molar-refractivity contribution is 6.22. The number of ketones is 3. The molecule has 0 heterocycles. The Morgan fingerprint density at radius 1 is 1.11 bits per heavy atom. The molecule has 0 amide bonds. The van der Waals surface area contributed by atoms with Crippen LogP contribution < -0.4 is 0 Å². The fourth-order valence-corrected chi connectivity index (χ4v) is 4.39. The number of carbonyl (C=O) groups is 3. The summed E-state index contributed by atoms with van der Waals surface area (Å²) >= 11 is 0. The summed E-state index contributed by atoms with van der Waals surface area (Å²) in [5.41, 5.74) is 5.02. The molecule has 0 atom stereocenters. The summed E-state index contributed by atoms with van der Waals surface area (Å²) in [5.74, 6) is -1.20. The van der Waals surface area contributed by atoms with Crippen LogP contribution in [-0.2, 0) is 14.4 Å². The number of nitrogens with zero attached hydrogens (tertiary/aromatic N) is 1. The number of oxime groups is 1. The van der Waals surface area contributed by atoms with Crippen molar-refractivity contribution in [2.24, 2.45) is 11.1 Å². The number of benzene rings is 1. The minimum atomic E-state index is -0.795. The second kappa shape index (κ2) is 8.59. The van der Waals surface area contributed by atoms with Crippen LogP contribution in [0.5, 0.6) is 0 Å². The molecule has 1 saturated carbocycles. The molecule has 146 valence electrons. The van der Waals surface area contributed by atoms with Crippen molar-refractivity contribution < 1.29 is 19.2 Å². The molecule has 0 N–H and O–H groups in total. The normalized spacial score (nSPS) is 20.7. The van der Waals surface area contributed by atoms with Crippen molar-refractivity contribution in [3.05, 3.63) is 33.9 Å². The van der Waals surface area contributed by atoms with Crippen molar-refractivity contribution in [2.45, 2.75) is 66.7 Å². The maximum absolute atomic E-state index is 12.8. The third-order valence-corrected chi connectivity index (χ3v) is 5.34. The van der Waals surface area contributed by atoms with Gasteiger partial charge in [0.2, 0.25) is 0 Å². The second-order valence-corrected chi connectivity index (χ2v) is 7.30. The standard InChI is InChI=1S/C22H29NO4/c1-7-17(23-27-8-2)22-18(25)10-16(11-19(22)26)21-13(4)9-12(3)20(14(21)5)15(6)24/h9,16,22H,7-8,10-11H2,1-6H3. The van der Waals surface area contributed by atoms with Crippen molar-refractivity contribution in [3.63, 3.8) is 0 Å². The zero-order valence-corrected chi connectivity index (χ0v) is 17.1. The Kier molecular flexibility index (Phi) is 6.68. The van der Waals surface area contributed by atoms with Crippen LogP contribution in [0.2, 0.25) is 0 Å². The van der Waals surface area contributed by atoms with Crippen molar-refractivity contribution >= 4 is 23.1 Å². The van der Waals surface area contributed by atoms with Gasteiger partial charge >= 0.3 is 0 Å². The van der Waals surface area contributed by atoms with E-state index in [1.165, 1.54) is 0 Å². The Morgan fingerprint density at radius 2 is 1.70 bits per heavy atom. The minimum Gasteiger partial charge on any atom is -0.396 e. The molecule has 27 heavy (non-hydrogen) atoms. The Morgan fingerprint density at radius 3 is 2.19 bits per heavy atom. The van der Waals surface area contributed by atoms with Crippen LogP contribution in [0, 0.1) is 26.7 Å². The van der Waals surface area contributed by atoms with E-state index >= 15 is 0 Å². The lowest BCUT2D eigenvalue weighted by atomic mass is 9.72. The highest BCUT2D eigenvalue weighted by Gasteiger charge is 2.40. The van der Waals surface area contributed by atoms with Gasteiger partial charge in [-0.3, -0.25) is 14.4 Å². The van der Waals surface area contributed by atoms with E-state index in [0.29, 0.717) is 24.3 Å². The first-order valence-corrected chi connectivity index (χ1v) is 9.58. The van der Waals surface area contributed by atoms with Gasteiger partial charge in [-0.15, -0.1) is 0 Å². The molecule has 2 rings (SSSR count). The second-order valence-electron chi connectivity index (χ2n) is 7.30. The first-order valence-electron chi connectivity index (χ1n) is 9.58. The molecule has 1 fully saturated rings. The summed E-state index contributed by atoms with van der Waals surface area (Å²) in [6.07, 6.45) is 1.07. The zero-order valence-electron chi connectivity index (χ0n) is 17.1.